The zero-order valence-electron chi connectivity index (χ0n) is 17.5. The van der Waals surface area contributed by atoms with Crippen LogP contribution in [0.4, 0.5) is 5.69 Å². The molecule has 0 atom stereocenters. The first-order chi connectivity index (χ1) is 15.3. The van der Waals surface area contributed by atoms with E-state index in [-0.39, 0.29) is 27.0 Å². The number of hydrogen-bond donors (Lipinski definition) is 1. The number of nitrogens with zero attached hydrogens (tertiary/aromatic N) is 2. The summed E-state index contributed by atoms with van der Waals surface area (Å²) >= 11 is 5.88. The molecule has 1 aliphatic rings. The summed E-state index contributed by atoms with van der Waals surface area (Å²) in [6.07, 6.45) is 4.97. The van der Waals surface area contributed by atoms with Gasteiger partial charge < -0.3 is 14.8 Å². The highest BCUT2D eigenvalue weighted by Crippen LogP contribution is 2.29. The molecule has 32 heavy (non-hydrogen) atoms. The van der Waals surface area contributed by atoms with Crippen molar-refractivity contribution in [1.29, 1.82) is 0 Å². The summed E-state index contributed by atoms with van der Waals surface area (Å²) in [5.74, 6) is -1.32. The molecule has 1 aromatic heterocycles. The fourth-order valence-electron chi connectivity index (χ4n) is 3.31. The van der Waals surface area contributed by atoms with Gasteiger partial charge in [-0.05, 0) is 43.2 Å². The minimum absolute atomic E-state index is 0.00796. The number of methoxy groups -OCH3 is 1. The second kappa shape index (κ2) is 10.8. The molecule has 0 spiro atoms. The van der Waals surface area contributed by atoms with Gasteiger partial charge in [-0.3, -0.25) is 4.79 Å². The molecule has 1 aliphatic heterocycles. The summed E-state index contributed by atoms with van der Waals surface area (Å²) < 4.78 is 38.1. The molecule has 3 rings (SSSR count). The summed E-state index contributed by atoms with van der Waals surface area (Å²) in [5, 5.41) is 2.59. The van der Waals surface area contributed by atoms with Crippen LogP contribution in [0, 0.1) is 0 Å². The van der Waals surface area contributed by atoms with Crippen molar-refractivity contribution in [2.75, 3.05) is 32.1 Å². The second-order valence-corrected chi connectivity index (χ2v) is 9.41. The highest BCUT2D eigenvalue weighted by molar-refractivity contribution is 7.89. The number of anilines is 1. The Hall–Kier alpha value is -2.69. The second-order valence-electron chi connectivity index (χ2n) is 7.15. The zero-order valence-corrected chi connectivity index (χ0v) is 19.1. The average Bonchev–Trinajstić information content (AvgIpc) is 3.09. The van der Waals surface area contributed by atoms with Gasteiger partial charge >= 0.3 is 5.97 Å². The van der Waals surface area contributed by atoms with E-state index < -0.39 is 28.5 Å². The van der Waals surface area contributed by atoms with Crippen molar-refractivity contribution in [3.05, 3.63) is 47.2 Å². The Labute approximate surface area is 191 Å². The van der Waals surface area contributed by atoms with Crippen molar-refractivity contribution in [2.45, 2.75) is 30.6 Å². The largest absolute Gasteiger partial charge is 0.495 e. The van der Waals surface area contributed by atoms with E-state index >= 15 is 0 Å². The minimum atomic E-state index is -3.86. The number of nitrogens with one attached hydrogen (secondary N) is 1. The first kappa shape index (κ1) is 24.0. The van der Waals surface area contributed by atoms with E-state index in [9.17, 15) is 18.0 Å². The van der Waals surface area contributed by atoms with Crippen LogP contribution in [0.15, 0.2) is 41.4 Å². The molecule has 0 saturated carbocycles. The molecular weight excluding hydrogens is 458 g/mol. The van der Waals surface area contributed by atoms with Crippen LogP contribution in [-0.2, 0) is 19.6 Å². The van der Waals surface area contributed by atoms with Gasteiger partial charge in [0.2, 0.25) is 10.0 Å². The van der Waals surface area contributed by atoms with E-state index in [2.05, 4.69) is 10.3 Å². The molecule has 1 N–H and O–H groups in total. The van der Waals surface area contributed by atoms with Crippen LogP contribution in [0.1, 0.15) is 36.0 Å². The van der Waals surface area contributed by atoms with Crippen LogP contribution in [0.5, 0.6) is 5.75 Å². The van der Waals surface area contributed by atoms with Crippen molar-refractivity contribution < 1.29 is 27.5 Å². The SMILES string of the molecule is COc1ccc(C(=O)OCC(=O)Nc2cccnc2Cl)cc1S(=O)(=O)N1CCCCCC1. The predicted octanol–water partition coefficient (Wildman–Crippen LogP) is 3.10. The Kier molecular flexibility index (Phi) is 8.05. The van der Waals surface area contributed by atoms with Crippen molar-refractivity contribution >= 4 is 39.2 Å². The number of sulfonamides is 1. The van der Waals surface area contributed by atoms with E-state index in [1.807, 2.05) is 0 Å². The highest BCUT2D eigenvalue weighted by Gasteiger charge is 2.29. The van der Waals surface area contributed by atoms with Crippen molar-refractivity contribution in [3.8, 4) is 5.75 Å². The number of pyridine rings is 1. The average molecular weight is 482 g/mol. The van der Waals surface area contributed by atoms with E-state index in [1.54, 1.807) is 12.1 Å². The lowest BCUT2D eigenvalue weighted by atomic mass is 10.2. The van der Waals surface area contributed by atoms with Gasteiger partial charge in [0.15, 0.2) is 11.8 Å². The summed E-state index contributed by atoms with van der Waals surface area (Å²) in [5.41, 5.74) is 0.275. The maximum atomic E-state index is 13.2. The Morgan fingerprint density at radius 1 is 1.16 bits per heavy atom. The van der Waals surface area contributed by atoms with Gasteiger partial charge in [0.1, 0.15) is 10.6 Å². The number of rotatable bonds is 7. The molecule has 0 bridgehead atoms. The molecule has 1 saturated heterocycles. The number of ether oxygens (including phenoxy) is 2. The van der Waals surface area contributed by atoms with Gasteiger partial charge in [-0.25, -0.2) is 18.2 Å². The molecule has 9 nitrogen and oxygen atoms in total. The van der Waals surface area contributed by atoms with Gasteiger partial charge in [0.05, 0.1) is 18.4 Å². The van der Waals surface area contributed by atoms with Crippen LogP contribution in [0.2, 0.25) is 5.15 Å². The van der Waals surface area contributed by atoms with Gasteiger partial charge in [-0.15, -0.1) is 0 Å². The number of aromatic nitrogens is 1. The van der Waals surface area contributed by atoms with E-state index in [0.717, 1.165) is 25.7 Å². The number of carbonyl (C=O) groups is 2. The molecule has 11 heteroatoms. The lowest BCUT2D eigenvalue weighted by Gasteiger charge is -2.21. The Morgan fingerprint density at radius 3 is 2.53 bits per heavy atom. The molecule has 2 aromatic rings. The lowest BCUT2D eigenvalue weighted by Crippen LogP contribution is -2.32. The van der Waals surface area contributed by atoms with Gasteiger partial charge in [-0.2, -0.15) is 4.31 Å². The van der Waals surface area contributed by atoms with Crippen LogP contribution >= 0.6 is 11.6 Å². The van der Waals surface area contributed by atoms with Crippen LogP contribution in [-0.4, -0.2) is 56.4 Å². The molecule has 0 aliphatic carbocycles. The van der Waals surface area contributed by atoms with Gasteiger partial charge in [-0.1, -0.05) is 24.4 Å². The summed E-state index contributed by atoms with van der Waals surface area (Å²) in [6, 6.07) is 7.15. The summed E-state index contributed by atoms with van der Waals surface area (Å²) in [7, 11) is -2.50. The van der Waals surface area contributed by atoms with Crippen LogP contribution in [0.3, 0.4) is 0 Å². The summed E-state index contributed by atoms with van der Waals surface area (Å²) in [6.45, 7) is 0.249. The molecule has 2 heterocycles. The third-order valence-electron chi connectivity index (χ3n) is 4.95. The molecule has 0 radical (unpaired) electrons. The first-order valence-electron chi connectivity index (χ1n) is 10.1. The molecule has 1 amide bonds. The standard InChI is InChI=1S/C21H24ClN3O6S/c1-30-17-9-8-15(13-18(17)32(28,29)25-11-4-2-3-5-12-25)21(27)31-14-19(26)24-16-7-6-10-23-20(16)22/h6-10,13H,2-5,11-12,14H2,1H3,(H,24,26). The summed E-state index contributed by atoms with van der Waals surface area (Å²) in [4.78, 5) is 28.3. The normalized spacial score (nSPS) is 14.9. The number of benzene rings is 1. The third-order valence-corrected chi connectivity index (χ3v) is 7.17. The Balaban J connectivity index is 1.73. The topological polar surface area (TPSA) is 115 Å². The highest BCUT2D eigenvalue weighted by atomic mass is 35.5. The predicted molar refractivity (Wildman–Crippen MR) is 118 cm³/mol. The maximum Gasteiger partial charge on any atom is 0.338 e. The fraction of sp³-hybridized carbons (Fsp3) is 0.381. The number of hydrogen-bond acceptors (Lipinski definition) is 7. The van der Waals surface area contributed by atoms with E-state index in [1.165, 1.54) is 35.8 Å². The quantitative estimate of drug-likeness (QED) is 0.477. The monoisotopic (exact) mass is 481 g/mol. The number of esters is 1. The van der Waals surface area contributed by atoms with E-state index in [0.29, 0.717) is 13.1 Å². The zero-order chi connectivity index (χ0) is 23.1. The van der Waals surface area contributed by atoms with E-state index in [4.69, 9.17) is 21.1 Å². The molecule has 1 aromatic carbocycles. The Bertz CT molecular complexity index is 1080. The van der Waals surface area contributed by atoms with Gasteiger partial charge in [0, 0.05) is 19.3 Å². The van der Waals surface area contributed by atoms with Crippen molar-refractivity contribution in [1.82, 2.24) is 9.29 Å². The number of amides is 1. The molecule has 0 unspecified atom stereocenters. The molecule has 1 fully saturated rings. The number of carbonyl (C=O) groups excluding carboxylic acids is 2. The fourth-order valence-corrected chi connectivity index (χ4v) is 5.17. The van der Waals surface area contributed by atoms with Crippen molar-refractivity contribution in [2.24, 2.45) is 0 Å². The lowest BCUT2D eigenvalue weighted by molar-refractivity contribution is -0.119. The van der Waals surface area contributed by atoms with Crippen LogP contribution < -0.4 is 10.1 Å². The molecular formula is C21H24ClN3O6S. The molecule has 172 valence electrons. The maximum absolute atomic E-state index is 13.2. The Morgan fingerprint density at radius 2 is 1.88 bits per heavy atom. The minimum Gasteiger partial charge on any atom is -0.495 e. The first-order valence-corrected chi connectivity index (χ1v) is 11.9. The van der Waals surface area contributed by atoms with Crippen LogP contribution in [0.25, 0.3) is 0 Å². The van der Waals surface area contributed by atoms with Gasteiger partial charge in [0.25, 0.3) is 5.91 Å². The smallest absolute Gasteiger partial charge is 0.338 e. The van der Waals surface area contributed by atoms with Crippen molar-refractivity contribution in [3.63, 3.8) is 0 Å². The third kappa shape index (κ3) is 5.76. The number of halogens is 1.